The molecule has 0 bridgehead atoms. The molecule has 0 fully saturated rings. The first kappa shape index (κ1) is 21.6. The van der Waals surface area contributed by atoms with Crippen molar-refractivity contribution in [3.8, 4) is 28.4 Å². The van der Waals surface area contributed by atoms with Gasteiger partial charge >= 0.3 is 6.61 Å². The zero-order valence-corrected chi connectivity index (χ0v) is 17.9. The fraction of sp³-hybridized carbons (Fsp3) is 0.240. The average Bonchev–Trinajstić information content (AvgIpc) is 2.78. The van der Waals surface area contributed by atoms with Crippen LogP contribution in [0.3, 0.4) is 0 Å². The molecule has 5 nitrogen and oxygen atoms in total. The van der Waals surface area contributed by atoms with Crippen molar-refractivity contribution >= 4 is 11.6 Å². The molecular formula is C25H23F2NO4. The molecule has 1 N–H and O–H groups in total. The van der Waals surface area contributed by atoms with Gasteiger partial charge in [-0.25, -0.2) is 0 Å². The Labute approximate surface area is 184 Å². The van der Waals surface area contributed by atoms with E-state index in [0.29, 0.717) is 28.3 Å². The third-order valence-electron chi connectivity index (χ3n) is 5.24. The summed E-state index contributed by atoms with van der Waals surface area (Å²) in [5, 5.41) is 2.89. The van der Waals surface area contributed by atoms with Crippen LogP contribution in [0.4, 0.5) is 14.5 Å². The zero-order chi connectivity index (χ0) is 22.8. The SMILES string of the molecule is COc1cccc(C2Oc3cccc(OC(F)F)c3-c3ccc(NC(=O)C(C)C)cc32)c1. The maximum absolute atomic E-state index is 13.1. The predicted molar refractivity (Wildman–Crippen MR) is 117 cm³/mol. The molecule has 166 valence electrons. The summed E-state index contributed by atoms with van der Waals surface area (Å²) < 4.78 is 42.5. The Morgan fingerprint density at radius 2 is 1.84 bits per heavy atom. The van der Waals surface area contributed by atoms with Crippen LogP contribution in [0.1, 0.15) is 31.1 Å². The highest BCUT2D eigenvalue weighted by molar-refractivity contribution is 5.93. The van der Waals surface area contributed by atoms with Crippen LogP contribution in [-0.2, 0) is 4.79 Å². The van der Waals surface area contributed by atoms with Gasteiger partial charge in [0.25, 0.3) is 0 Å². The number of methoxy groups -OCH3 is 1. The lowest BCUT2D eigenvalue weighted by atomic mass is 9.88. The smallest absolute Gasteiger partial charge is 0.387 e. The summed E-state index contributed by atoms with van der Waals surface area (Å²) >= 11 is 0. The van der Waals surface area contributed by atoms with Gasteiger partial charge in [0.05, 0.1) is 12.7 Å². The van der Waals surface area contributed by atoms with Crippen molar-refractivity contribution in [2.24, 2.45) is 5.92 Å². The molecule has 0 spiro atoms. The molecule has 1 unspecified atom stereocenters. The second-order valence-electron chi connectivity index (χ2n) is 7.73. The minimum absolute atomic E-state index is 0.0295. The number of benzene rings is 3. The van der Waals surface area contributed by atoms with Gasteiger partial charge in [0.15, 0.2) is 0 Å². The molecule has 32 heavy (non-hydrogen) atoms. The largest absolute Gasteiger partial charge is 0.497 e. The van der Waals surface area contributed by atoms with Gasteiger partial charge in [0.1, 0.15) is 23.4 Å². The van der Waals surface area contributed by atoms with Crippen LogP contribution < -0.4 is 19.5 Å². The van der Waals surface area contributed by atoms with E-state index >= 15 is 0 Å². The van der Waals surface area contributed by atoms with E-state index < -0.39 is 12.7 Å². The first-order valence-electron chi connectivity index (χ1n) is 10.2. The maximum Gasteiger partial charge on any atom is 0.387 e. The lowest BCUT2D eigenvalue weighted by molar-refractivity contribution is -0.118. The number of alkyl halides is 2. The van der Waals surface area contributed by atoms with Gasteiger partial charge in [-0.05, 0) is 42.0 Å². The molecular weight excluding hydrogens is 416 g/mol. The number of halogens is 2. The van der Waals surface area contributed by atoms with Gasteiger partial charge in [-0.3, -0.25) is 4.79 Å². The van der Waals surface area contributed by atoms with Crippen LogP contribution in [0, 0.1) is 5.92 Å². The number of fused-ring (bicyclic) bond motifs is 3. The lowest BCUT2D eigenvalue weighted by Crippen LogP contribution is -2.20. The van der Waals surface area contributed by atoms with E-state index in [1.54, 1.807) is 45.2 Å². The van der Waals surface area contributed by atoms with Crippen LogP contribution >= 0.6 is 0 Å². The molecule has 3 aromatic carbocycles. The average molecular weight is 439 g/mol. The summed E-state index contributed by atoms with van der Waals surface area (Å²) in [5.41, 5.74) is 3.28. The summed E-state index contributed by atoms with van der Waals surface area (Å²) in [6, 6.07) is 17.6. The van der Waals surface area contributed by atoms with Crippen molar-refractivity contribution in [2.75, 3.05) is 12.4 Å². The minimum atomic E-state index is -2.97. The second kappa shape index (κ2) is 8.86. The molecule has 0 aromatic heterocycles. The molecule has 0 radical (unpaired) electrons. The maximum atomic E-state index is 13.1. The van der Waals surface area contributed by atoms with Crippen molar-refractivity contribution in [3.05, 3.63) is 71.8 Å². The number of hydrogen-bond acceptors (Lipinski definition) is 4. The molecule has 1 heterocycles. The van der Waals surface area contributed by atoms with E-state index in [2.05, 4.69) is 5.32 Å². The van der Waals surface area contributed by atoms with E-state index in [4.69, 9.17) is 14.2 Å². The normalized spacial score (nSPS) is 14.4. The molecule has 7 heteroatoms. The predicted octanol–water partition coefficient (Wildman–Crippen LogP) is 6.04. The minimum Gasteiger partial charge on any atom is -0.497 e. The summed E-state index contributed by atoms with van der Waals surface area (Å²) in [6.07, 6.45) is -0.537. The Balaban J connectivity index is 1.87. The van der Waals surface area contributed by atoms with E-state index in [-0.39, 0.29) is 17.6 Å². The summed E-state index contributed by atoms with van der Waals surface area (Å²) in [6.45, 7) is 0.644. The van der Waals surface area contributed by atoms with Gasteiger partial charge in [-0.2, -0.15) is 8.78 Å². The Hall–Kier alpha value is -3.61. The number of anilines is 1. The van der Waals surface area contributed by atoms with Gasteiger partial charge in [-0.15, -0.1) is 0 Å². The highest BCUT2D eigenvalue weighted by atomic mass is 19.3. The highest BCUT2D eigenvalue weighted by Crippen LogP contribution is 2.50. The molecule has 4 rings (SSSR count). The van der Waals surface area contributed by atoms with Crippen LogP contribution in [0.15, 0.2) is 60.7 Å². The summed E-state index contributed by atoms with van der Waals surface area (Å²) in [5.74, 6) is 0.812. The molecule has 0 aliphatic carbocycles. The first-order chi connectivity index (χ1) is 15.4. The Kier molecular flexibility index (Phi) is 5.99. The molecule has 1 aliphatic heterocycles. The van der Waals surface area contributed by atoms with E-state index in [1.807, 2.05) is 30.3 Å². The fourth-order valence-corrected chi connectivity index (χ4v) is 3.68. The molecule has 1 aliphatic rings. The number of ether oxygens (including phenoxy) is 3. The van der Waals surface area contributed by atoms with Gasteiger partial charge in [0.2, 0.25) is 5.91 Å². The number of carbonyl (C=O) groups excluding carboxylic acids is 1. The topological polar surface area (TPSA) is 56.8 Å². The lowest BCUT2D eigenvalue weighted by Gasteiger charge is -2.31. The molecule has 0 saturated carbocycles. The summed E-state index contributed by atoms with van der Waals surface area (Å²) in [4.78, 5) is 12.2. The first-order valence-corrected chi connectivity index (χ1v) is 10.2. The zero-order valence-electron chi connectivity index (χ0n) is 17.9. The van der Waals surface area contributed by atoms with Crippen molar-refractivity contribution < 1.29 is 27.8 Å². The van der Waals surface area contributed by atoms with Crippen molar-refractivity contribution in [2.45, 2.75) is 26.6 Å². The van der Waals surface area contributed by atoms with Crippen molar-refractivity contribution in [1.29, 1.82) is 0 Å². The molecule has 0 saturated heterocycles. The molecule has 3 aromatic rings. The standard InChI is InChI=1S/C25H23F2NO4/c1-14(2)24(29)28-16-10-11-18-19(13-16)23(15-6-4-7-17(12-15)30-3)31-20-8-5-9-21(22(18)20)32-25(26)27/h4-14,23,25H,1-3H3,(H,28,29). The highest BCUT2D eigenvalue weighted by Gasteiger charge is 2.31. The third kappa shape index (κ3) is 4.23. The van der Waals surface area contributed by atoms with E-state index in [9.17, 15) is 13.6 Å². The molecule has 1 atom stereocenters. The number of rotatable bonds is 6. The monoisotopic (exact) mass is 439 g/mol. The number of carbonyl (C=O) groups is 1. The Bertz CT molecular complexity index is 1150. The van der Waals surface area contributed by atoms with Crippen molar-refractivity contribution in [3.63, 3.8) is 0 Å². The number of amides is 1. The van der Waals surface area contributed by atoms with Gasteiger partial charge in [-0.1, -0.05) is 38.1 Å². The van der Waals surface area contributed by atoms with E-state index in [0.717, 1.165) is 11.1 Å². The fourth-order valence-electron chi connectivity index (χ4n) is 3.68. The van der Waals surface area contributed by atoms with E-state index in [1.165, 1.54) is 6.07 Å². The van der Waals surface area contributed by atoms with Gasteiger partial charge in [0, 0.05) is 22.7 Å². The molecule has 1 amide bonds. The number of hydrogen-bond donors (Lipinski definition) is 1. The Morgan fingerprint density at radius 3 is 2.56 bits per heavy atom. The summed E-state index contributed by atoms with van der Waals surface area (Å²) in [7, 11) is 1.58. The number of nitrogens with one attached hydrogen (secondary N) is 1. The Morgan fingerprint density at radius 1 is 1.06 bits per heavy atom. The second-order valence-corrected chi connectivity index (χ2v) is 7.73. The van der Waals surface area contributed by atoms with Gasteiger partial charge < -0.3 is 19.5 Å². The van der Waals surface area contributed by atoms with Crippen molar-refractivity contribution in [1.82, 2.24) is 0 Å². The van der Waals surface area contributed by atoms with Crippen LogP contribution in [0.5, 0.6) is 17.2 Å². The van der Waals surface area contributed by atoms with Crippen LogP contribution in [0.25, 0.3) is 11.1 Å². The third-order valence-corrected chi connectivity index (χ3v) is 5.24. The van der Waals surface area contributed by atoms with Crippen LogP contribution in [0.2, 0.25) is 0 Å². The van der Waals surface area contributed by atoms with Crippen LogP contribution in [-0.4, -0.2) is 19.6 Å². The quantitative estimate of drug-likeness (QED) is 0.509.